The van der Waals surface area contributed by atoms with Crippen molar-refractivity contribution in [3.05, 3.63) is 34.3 Å². The van der Waals surface area contributed by atoms with Gasteiger partial charge in [-0.05, 0) is 58.7 Å². The van der Waals surface area contributed by atoms with Crippen molar-refractivity contribution in [2.24, 2.45) is 4.40 Å². The van der Waals surface area contributed by atoms with E-state index in [0.717, 1.165) is 10.0 Å². The van der Waals surface area contributed by atoms with E-state index in [9.17, 15) is 4.79 Å². The molecule has 0 N–H and O–H groups in total. The predicted octanol–water partition coefficient (Wildman–Crippen LogP) is 4.64. The molecule has 0 aromatic heterocycles. The summed E-state index contributed by atoms with van der Waals surface area (Å²) in [5, 5.41) is 0. The Morgan fingerprint density at radius 3 is 2.50 bits per heavy atom. The number of halogens is 1. The minimum Gasteiger partial charge on any atom is -0.458 e. The van der Waals surface area contributed by atoms with Crippen molar-refractivity contribution in [1.82, 2.24) is 0 Å². The highest BCUT2D eigenvalue weighted by Crippen LogP contribution is 2.26. The molecule has 0 bridgehead atoms. The van der Waals surface area contributed by atoms with Crippen molar-refractivity contribution in [3.8, 4) is 0 Å². The average molecular weight is 358 g/mol. The van der Waals surface area contributed by atoms with Crippen LogP contribution < -0.4 is 0 Å². The van der Waals surface area contributed by atoms with E-state index in [4.69, 9.17) is 4.74 Å². The van der Waals surface area contributed by atoms with Crippen molar-refractivity contribution in [2.75, 3.05) is 0 Å². The van der Waals surface area contributed by atoms with Gasteiger partial charge in [-0.2, -0.15) is 0 Å². The normalized spacial score (nSPS) is 12.7. The number of ether oxygens (including phenoxy) is 1. The highest BCUT2D eigenvalue weighted by atomic mass is 79.9. The molecule has 0 atom stereocenters. The third-order valence-corrected chi connectivity index (χ3v) is 3.36. The molecule has 0 saturated carbocycles. The fourth-order valence-corrected chi connectivity index (χ4v) is 2.24. The molecule has 20 heavy (non-hydrogen) atoms. The maximum Gasteiger partial charge on any atom is 0.358 e. The SMILES string of the molecule is CC(C)OC(=O)C(=NSC(C)(C)C)c1cccc(Br)c1. The van der Waals surface area contributed by atoms with E-state index >= 15 is 0 Å². The van der Waals surface area contributed by atoms with Gasteiger partial charge >= 0.3 is 5.97 Å². The summed E-state index contributed by atoms with van der Waals surface area (Å²) in [6, 6.07) is 7.50. The molecule has 0 aliphatic rings. The Bertz CT molecular complexity index is 507. The van der Waals surface area contributed by atoms with E-state index < -0.39 is 5.97 Å². The highest BCUT2D eigenvalue weighted by Gasteiger charge is 2.20. The first-order valence-electron chi connectivity index (χ1n) is 6.42. The van der Waals surface area contributed by atoms with Crippen LogP contribution in [0.2, 0.25) is 0 Å². The van der Waals surface area contributed by atoms with Crippen LogP contribution in [0.4, 0.5) is 0 Å². The Morgan fingerprint density at radius 1 is 1.35 bits per heavy atom. The second kappa shape index (κ2) is 7.27. The number of carbonyl (C=O) groups excluding carboxylic acids is 1. The number of rotatable bonds is 4. The van der Waals surface area contributed by atoms with Crippen molar-refractivity contribution < 1.29 is 9.53 Å². The van der Waals surface area contributed by atoms with E-state index in [-0.39, 0.29) is 10.9 Å². The summed E-state index contributed by atoms with van der Waals surface area (Å²) in [7, 11) is 0. The lowest BCUT2D eigenvalue weighted by Crippen LogP contribution is -2.22. The average Bonchev–Trinajstić information content (AvgIpc) is 2.26. The summed E-state index contributed by atoms with van der Waals surface area (Å²) in [5.41, 5.74) is 1.10. The first kappa shape index (κ1) is 17.2. The van der Waals surface area contributed by atoms with E-state index in [2.05, 4.69) is 20.3 Å². The molecule has 3 nitrogen and oxygen atoms in total. The van der Waals surface area contributed by atoms with E-state index in [1.807, 2.05) is 58.9 Å². The first-order chi connectivity index (χ1) is 9.19. The van der Waals surface area contributed by atoms with Crippen LogP contribution in [-0.4, -0.2) is 22.5 Å². The minimum absolute atomic E-state index is 0.0601. The molecule has 5 heteroatoms. The molecule has 0 amide bonds. The number of esters is 1. The van der Waals surface area contributed by atoms with Gasteiger partial charge in [0.05, 0.1) is 6.10 Å². The van der Waals surface area contributed by atoms with Gasteiger partial charge in [-0.15, -0.1) is 0 Å². The summed E-state index contributed by atoms with van der Waals surface area (Å²) in [5.74, 6) is -0.394. The zero-order valence-corrected chi connectivity index (χ0v) is 14.8. The van der Waals surface area contributed by atoms with Crippen molar-refractivity contribution >= 4 is 39.6 Å². The van der Waals surface area contributed by atoms with Crippen LogP contribution in [0.3, 0.4) is 0 Å². The van der Waals surface area contributed by atoms with E-state index in [0.29, 0.717) is 5.71 Å². The second-order valence-electron chi connectivity index (χ2n) is 5.61. The van der Waals surface area contributed by atoms with Crippen LogP contribution >= 0.6 is 27.9 Å². The molecule has 0 heterocycles. The number of hydrogen-bond acceptors (Lipinski definition) is 4. The van der Waals surface area contributed by atoms with Crippen molar-refractivity contribution in [1.29, 1.82) is 0 Å². The van der Waals surface area contributed by atoms with Crippen LogP contribution in [-0.2, 0) is 9.53 Å². The molecule has 110 valence electrons. The van der Waals surface area contributed by atoms with Gasteiger partial charge in [0.2, 0.25) is 0 Å². The third-order valence-electron chi connectivity index (χ3n) is 2.04. The molecular weight excluding hydrogens is 338 g/mol. The molecule has 0 radical (unpaired) electrons. The molecule has 0 aliphatic carbocycles. The molecule has 0 aliphatic heterocycles. The van der Waals surface area contributed by atoms with Gasteiger partial charge < -0.3 is 4.74 Å². The van der Waals surface area contributed by atoms with Crippen molar-refractivity contribution in [3.63, 3.8) is 0 Å². The molecule has 1 rings (SSSR count). The second-order valence-corrected chi connectivity index (χ2v) is 8.11. The molecule has 0 fully saturated rings. The Hall–Kier alpha value is -0.810. The lowest BCUT2D eigenvalue weighted by Gasteiger charge is -2.15. The summed E-state index contributed by atoms with van der Waals surface area (Å²) >= 11 is 4.78. The summed E-state index contributed by atoms with van der Waals surface area (Å²) in [6.45, 7) is 9.80. The van der Waals surface area contributed by atoms with Gasteiger partial charge in [0, 0.05) is 14.8 Å². The van der Waals surface area contributed by atoms with Crippen LogP contribution in [0.15, 0.2) is 33.1 Å². The lowest BCUT2D eigenvalue weighted by molar-refractivity contribution is -0.138. The van der Waals surface area contributed by atoms with E-state index in [1.54, 1.807) is 0 Å². The van der Waals surface area contributed by atoms with Crippen LogP contribution in [0, 0.1) is 0 Å². The third kappa shape index (κ3) is 6.09. The minimum atomic E-state index is -0.394. The topological polar surface area (TPSA) is 38.7 Å². The molecule has 0 unspecified atom stereocenters. The lowest BCUT2D eigenvalue weighted by atomic mass is 10.1. The number of hydrogen-bond donors (Lipinski definition) is 0. The zero-order chi connectivity index (χ0) is 15.3. The maximum atomic E-state index is 12.2. The Morgan fingerprint density at radius 2 is 2.00 bits per heavy atom. The summed E-state index contributed by atoms with van der Waals surface area (Å²) in [4.78, 5) is 12.2. The number of benzene rings is 1. The summed E-state index contributed by atoms with van der Waals surface area (Å²) in [6.07, 6.45) is -0.167. The van der Waals surface area contributed by atoms with Crippen LogP contribution in [0.5, 0.6) is 0 Å². The quantitative estimate of drug-likeness (QED) is 0.447. The van der Waals surface area contributed by atoms with Crippen molar-refractivity contribution in [2.45, 2.75) is 45.5 Å². The van der Waals surface area contributed by atoms with Crippen LogP contribution in [0.25, 0.3) is 0 Å². The monoisotopic (exact) mass is 357 g/mol. The highest BCUT2D eigenvalue weighted by molar-refractivity contribution is 9.10. The number of nitrogens with zero attached hydrogens (tertiary/aromatic N) is 1. The van der Waals surface area contributed by atoms with Gasteiger partial charge in [-0.3, -0.25) is 0 Å². The zero-order valence-electron chi connectivity index (χ0n) is 12.4. The largest absolute Gasteiger partial charge is 0.458 e. The molecule has 1 aromatic rings. The van der Waals surface area contributed by atoms with Gasteiger partial charge in [0.1, 0.15) is 0 Å². The first-order valence-corrected chi connectivity index (χ1v) is 7.99. The maximum absolute atomic E-state index is 12.2. The Balaban J connectivity index is 3.10. The van der Waals surface area contributed by atoms with Crippen LogP contribution in [0.1, 0.15) is 40.2 Å². The fraction of sp³-hybridized carbons (Fsp3) is 0.467. The van der Waals surface area contributed by atoms with Gasteiger partial charge in [-0.25, -0.2) is 9.19 Å². The van der Waals surface area contributed by atoms with Gasteiger partial charge in [-0.1, -0.05) is 28.1 Å². The molecule has 0 spiro atoms. The Labute approximate surface area is 133 Å². The van der Waals surface area contributed by atoms with E-state index in [1.165, 1.54) is 11.9 Å². The predicted molar refractivity (Wildman–Crippen MR) is 89.3 cm³/mol. The molecular formula is C15H20BrNO2S. The van der Waals surface area contributed by atoms with Gasteiger partial charge in [0.25, 0.3) is 0 Å². The number of carbonyl (C=O) groups is 1. The standard InChI is InChI=1S/C15H20BrNO2S/c1-10(2)19-14(18)13(17-20-15(3,4)5)11-7-6-8-12(16)9-11/h6-10H,1-5H3. The van der Waals surface area contributed by atoms with Gasteiger partial charge in [0.15, 0.2) is 5.71 Å². The molecule has 1 aromatic carbocycles. The summed E-state index contributed by atoms with van der Waals surface area (Å²) < 4.78 is 10.5. The molecule has 0 saturated heterocycles. The Kier molecular flexibility index (Phi) is 6.27. The fourth-order valence-electron chi connectivity index (χ4n) is 1.30. The smallest absolute Gasteiger partial charge is 0.358 e.